The Kier molecular flexibility index (Phi) is 5.41. The fraction of sp³-hybridized carbons (Fsp3) is 0.200. The van der Waals surface area contributed by atoms with E-state index in [0.717, 1.165) is 15.6 Å². The summed E-state index contributed by atoms with van der Waals surface area (Å²) >= 11 is 19.8. The molecule has 0 amide bonds. The first-order valence-electron chi connectivity index (χ1n) is 5.87. The first kappa shape index (κ1) is 16.2. The van der Waals surface area contributed by atoms with E-state index in [2.05, 4.69) is 44.8 Å². The van der Waals surface area contributed by atoms with Crippen LogP contribution in [-0.4, -0.2) is 7.11 Å². The van der Waals surface area contributed by atoms with E-state index in [1.807, 2.05) is 18.2 Å². The van der Waals surface area contributed by atoms with E-state index < -0.39 is 0 Å². The summed E-state index contributed by atoms with van der Waals surface area (Å²) in [6.07, 6.45) is 0. The van der Waals surface area contributed by atoms with E-state index in [0.29, 0.717) is 15.8 Å². The van der Waals surface area contributed by atoms with Gasteiger partial charge in [-0.15, -0.1) is 0 Å². The van der Waals surface area contributed by atoms with Gasteiger partial charge in [0.05, 0.1) is 17.0 Å². The van der Waals surface area contributed by atoms with Crippen molar-refractivity contribution < 1.29 is 4.74 Å². The average Bonchev–Trinajstić information content (AvgIpc) is 2.43. The summed E-state index contributed by atoms with van der Waals surface area (Å²) in [5.74, 6) is 0.573. The lowest BCUT2D eigenvalue weighted by atomic mass is 10.0. The highest BCUT2D eigenvalue weighted by atomic mass is 79.9. The van der Waals surface area contributed by atoms with E-state index in [-0.39, 0.29) is 4.83 Å². The molecule has 0 aromatic heterocycles. The van der Waals surface area contributed by atoms with Gasteiger partial charge in [-0.2, -0.15) is 0 Å². The summed E-state index contributed by atoms with van der Waals surface area (Å²) in [6, 6.07) is 9.68. The molecule has 0 aliphatic heterocycles. The molecule has 0 fully saturated rings. The van der Waals surface area contributed by atoms with Crippen LogP contribution >= 0.6 is 55.1 Å². The lowest BCUT2D eigenvalue weighted by Crippen LogP contribution is -1.97. The predicted octanol–water partition coefficient (Wildman–Crippen LogP) is 6.56. The molecular weight excluding hydrogens is 427 g/mol. The van der Waals surface area contributed by atoms with Crippen LogP contribution in [0.25, 0.3) is 0 Å². The van der Waals surface area contributed by atoms with Gasteiger partial charge in [0.15, 0.2) is 0 Å². The molecule has 2 rings (SSSR count). The normalized spacial score (nSPS) is 12.3. The van der Waals surface area contributed by atoms with Gasteiger partial charge in [0.25, 0.3) is 0 Å². The van der Waals surface area contributed by atoms with Gasteiger partial charge in [-0.25, -0.2) is 0 Å². The van der Waals surface area contributed by atoms with E-state index in [1.54, 1.807) is 13.2 Å². The standard InChI is InChI=1S/C15H12Br2Cl2O/c1-8-4-3-5-9(14(8)16)15(17)10-6-12(19)13(20-2)7-11(10)18/h3-7,15H,1-2H3. The maximum absolute atomic E-state index is 6.33. The van der Waals surface area contributed by atoms with Crippen molar-refractivity contribution >= 4 is 55.1 Å². The van der Waals surface area contributed by atoms with E-state index >= 15 is 0 Å². The van der Waals surface area contributed by atoms with Crippen molar-refractivity contribution in [1.29, 1.82) is 0 Å². The topological polar surface area (TPSA) is 9.23 Å². The molecule has 0 radical (unpaired) electrons. The van der Waals surface area contributed by atoms with Crippen LogP contribution in [0.5, 0.6) is 5.75 Å². The molecule has 5 heteroatoms. The number of aryl methyl sites for hydroxylation is 1. The molecule has 2 aromatic rings. The van der Waals surface area contributed by atoms with Gasteiger partial charge in [-0.3, -0.25) is 0 Å². The predicted molar refractivity (Wildman–Crippen MR) is 92.7 cm³/mol. The van der Waals surface area contributed by atoms with Gasteiger partial charge in [-0.05, 0) is 29.7 Å². The Morgan fingerprint density at radius 3 is 2.45 bits per heavy atom. The monoisotopic (exact) mass is 436 g/mol. The van der Waals surface area contributed by atoms with Crippen molar-refractivity contribution in [2.24, 2.45) is 0 Å². The first-order chi connectivity index (χ1) is 9.45. The fourth-order valence-electron chi connectivity index (χ4n) is 1.93. The lowest BCUT2D eigenvalue weighted by molar-refractivity contribution is 0.415. The maximum atomic E-state index is 6.33. The summed E-state index contributed by atoms with van der Waals surface area (Å²) in [4.78, 5) is -0.0484. The molecule has 0 saturated heterocycles. The molecule has 0 aliphatic rings. The van der Waals surface area contributed by atoms with Crippen LogP contribution in [0, 0.1) is 6.92 Å². The van der Waals surface area contributed by atoms with Crippen LogP contribution in [0.4, 0.5) is 0 Å². The van der Waals surface area contributed by atoms with Gasteiger partial charge in [0.1, 0.15) is 5.75 Å². The number of methoxy groups -OCH3 is 1. The van der Waals surface area contributed by atoms with Gasteiger partial charge >= 0.3 is 0 Å². The quantitative estimate of drug-likeness (QED) is 0.493. The highest BCUT2D eigenvalue weighted by Gasteiger charge is 2.19. The molecule has 0 N–H and O–H groups in total. The van der Waals surface area contributed by atoms with Crippen LogP contribution in [0.2, 0.25) is 10.0 Å². The second-order valence-corrected chi connectivity index (χ2v) is 6.87. The Hall–Kier alpha value is -0.220. The zero-order valence-corrected chi connectivity index (χ0v) is 15.6. The number of hydrogen-bond acceptors (Lipinski definition) is 1. The van der Waals surface area contributed by atoms with Crippen LogP contribution in [0.3, 0.4) is 0 Å². The third kappa shape index (κ3) is 3.16. The van der Waals surface area contributed by atoms with Crippen molar-refractivity contribution in [3.05, 3.63) is 61.5 Å². The van der Waals surface area contributed by atoms with E-state index in [1.165, 1.54) is 5.56 Å². The van der Waals surface area contributed by atoms with E-state index in [4.69, 9.17) is 27.9 Å². The minimum atomic E-state index is -0.0484. The van der Waals surface area contributed by atoms with Gasteiger partial charge in [0.2, 0.25) is 0 Å². The third-order valence-corrected chi connectivity index (χ3v) is 5.73. The molecule has 0 bridgehead atoms. The molecule has 1 nitrogen and oxygen atoms in total. The molecule has 0 heterocycles. The summed E-state index contributed by atoms with van der Waals surface area (Å²) in [7, 11) is 1.57. The van der Waals surface area contributed by atoms with Crippen LogP contribution in [0.1, 0.15) is 21.5 Å². The zero-order chi connectivity index (χ0) is 14.9. The van der Waals surface area contributed by atoms with Gasteiger partial charge in [0, 0.05) is 15.6 Å². The highest BCUT2D eigenvalue weighted by Crippen LogP contribution is 2.42. The Bertz CT molecular complexity index is 644. The molecule has 2 aromatic carbocycles. The van der Waals surface area contributed by atoms with Crippen molar-refractivity contribution in [3.8, 4) is 5.75 Å². The molecule has 1 atom stereocenters. The Morgan fingerprint density at radius 2 is 1.80 bits per heavy atom. The zero-order valence-electron chi connectivity index (χ0n) is 10.9. The minimum absolute atomic E-state index is 0.0484. The minimum Gasteiger partial charge on any atom is -0.495 e. The summed E-state index contributed by atoms with van der Waals surface area (Å²) in [5.41, 5.74) is 3.18. The molecular formula is C15H12Br2Cl2O. The Morgan fingerprint density at radius 1 is 1.10 bits per heavy atom. The largest absolute Gasteiger partial charge is 0.495 e. The summed E-state index contributed by atoms with van der Waals surface area (Å²) in [6.45, 7) is 2.05. The smallest absolute Gasteiger partial charge is 0.138 e. The fourth-order valence-corrected chi connectivity index (χ4v) is 4.13. The second-order valence-electron chi connectivity index (χ2n) is 4.35. The second kappa shape index (κ2) is 6.69. The van der Waals surface area contributed by atoms with Crippen LogP contribution < -0.4 is 4.74 Å². The van der Waals surface area contributed by atoms with Gasteiger partial charge < -0.3 is 4.74 Å². The van der Waals surface area contributed by atoms with Crippen molar-refractivity contribution in [3.63, 3.8) is 0 Å². The van der Waals surface area contributed by atoms with Crippen molar-refractivity contribution in [1.82, 2.24) is 0 Å². The first-order valence-corrected chi connectivity index (χ1v) is 8.34. The molecule has 0 spiro atoms. The summed E-state index contributed by atoms with van der Waals surface area (Å²) < 4.78 is 6.23. The number of rotatable bonds is 3. The number of halogens is 4. The molecule has 106 valence electrons. The van der Waals surface area contributed by atoms with Gasteiger partial charge in [-0.1, -0.05) is 73.3 Å². The SMILES string of the molecule is COc1cc(Cl)c(C(Br)c2cccc(C)c2Br)cc1Cl. The molecule has 1 unspecified atom stereocenters. The summed E-state index contributed by atoms with van der Waals surface area (Å²) in [5, 5.41) is 1.15. The highest BCUT2D eigenvalue weighted by molar-refractivity contribution is 9.11. The number of ether oxygens (including phenoxy) is 1. The average molecular weight is 439 g/mol. The van der Waals surface area contributed by atoms with Crippen LogP contribution in [-0.2, 0) is 0 Å². The Labute approximate surface area is 145 Å². The van der Waals surface area contributed by atoms with E-state index in [9.17, 15) is 0 Å². The Balaban J connectivity index is 2.51. The number of alkyl halides is 1. The lowest BCUT2D eigenvalue weighted by Gasteiger charge is -2.17. The van der Waals surface area contributed by atoms with Crippen molar-refractivity contribution in [2.45, 2.75) is 11.8 Å². The molecule has 0 saturated carbocycles. The van der Waals surface area contributed by atoms with Crippen LogP contribution in [0.15, 0.2) is 34.8 Å². The number of benzene rings is 2. The maximum Gasteiger partial charge on any atom is 0.138 e. The molecule has 20 heavy (non-hydrogen) atoms. The number of hydrogen-bond donors (Lipinski definition) is 0. The third-order valence-electron chi connectivity index (χ3n) is 3.04. The molecule has 0 aliphatic carbocycles. The van der Waals surface area contributed by atoms with Crippen molar-refractivity contribution in [2.75, 3.05) is 7.11 Å².